The molecule has 2 atom stereocenters. The van der Waals surface area contributed by atoms with Gasteiger partial charge in [-0.3, -0.25) is 28.7 Å². The number of hydrogen-bond acceptors (Lipinski definition) is 10. The molecule has 0 saturated carbocycles. The molecule has 0 saturated heterocycles. The molecular weight excluding hydrogens is 672 g/mol. The number of carbonyl (C=O) groups is 5. The molecule has 52 heavy (non-hydrogen) atoms. The molecule has 1 aromatic heterocycles. The highest BCUT2D eigenvalue weighted by molar-refractivity contribution is 5.95. The number of benzene rings is 2. The summed E-state index contributed by atoms with van der Waals surface area (Å²) in [5.41, 5.74) is 1.04. The number of amides is 5. The Morgan fingerprint density at radius 1 is 0.962 bits per heavy atom. The lowest BCUT2D eigenvalue weighted by atomic mass is 10.0. The summed E-state index contributed by atoms with van der Waals surface area (Å²) in [6.45, 7) is 6.46. The number of ether oxygens (including phenoxy) is 3. The van der Waals surface area contributed by atoms with Gasteiger partial charge in [-0.05, 0) is 61.6 Å². The van der Waals surface area contributed by atoms with Crippen molar-refractivity contribution in [3.63, 3.8) is 0 Å². The van der Waals surface area contributed by atoms with Gasteiger partial charge in [0.2, 0.25) is 23.6 Å². The van der Waals surface area contributed by atoms with Crippen molar-refractivity contribution < 1.29 is 38.2 Å². The molecule has 0 spiro atoms. The zero-order valence-corrected chi connectivity index (χ0v) is 30.3. The number of carbonyl (C=O) groups excluding carboxylic acids is 5. The van der Waals surface area contributed by atoms with Crippen molar-refractivity contribution in [1.82, 2.24) is 40.9 Å². The van der Waals surface area contributed by atoms with Gasteiger partial charge in [0.05, 0.1) is 14.2 Å². The number of hydrogen-bond donors (Lipinski definition) is 4. The van der Waals surface area contributed by atoms with Crippen LogP contribution in [0.1, 0.15) is 62.4 Å². The molecule has 16 nitrogen and oxygen atoms in total. The maximum absolute atomic E-state index is 13.3. The van der Waals surface area contributed by atoms with E-state index in [2.05, 4.69) is 31.3 Å². The fraction of sp³-hybridized carbons (Fsp3) is 0.472. The van der Waals surface area contributed by atoms with Gasteiger partial charge >= 0.3 is 0 Å². The van der Waals surface area contributed by atoms with Gasteiger partial charge in [-0.25, -0.2) is 4.98 Å². The van der Waals surface area contributed by atoms with Gasteiger partial charge in [-0.2, -0.15) is 5.10 Å². The summed E-state index contributed by atoms with van der Waals surface area (Å²) in [6.07, 6.45) is 4.14. The predicted molar refractivity (Wildman–Crippen MR) is 190 cm³/mol. The van der Waals surface area contributed by atoms with Crippen LogP contribution in [0.15, 0.2) is 49.1 Å². The Kier molecular flexibility index (Phi) is 14.4. The molecule has 0 radical (unpaired) electrons. The normalized spacial score (nSPS) is 18.2. The van der Waals surface area contributed by atoms with Crippen molar-refractivity contribution in [3.05, 3.63) is 60.2 Å². The van der Waals surface area contributed by atoms with Gasteiger partial charge in [0.15, 0.2) is 23.0 Å². The van der Waals surface area contributed by atoms with E-state index in [0.717, 1.165) is 5.56 Å². The SMILES string of the molecule is COc1cc2ccc1Oc1ccc(cc1OC)C(=O)NCCN(C(=O)CCCn1cncn1)CCCC(=O)N[C@H](C)C(=O)N[C@@H](C(C)C)C(=O)NC2. The van der Waals surface area contributed by atoms with Crippen LogP contribution in [0.4, 0.5) is 0 Å². The minimum Gasteiger partial charge on any atom is -0.493 e. The highest BCUT2D eigenvalue weighted by atomic mass is 16.5. The summed E-state index contributed by atoms with van der Waals surface area (Å²) in [5, 5.41) is 15.2. The first-order valence-electron chi connectivity index (χ1n) is 17.3. The number of fused-ring (bicyclic) bond motifs is 2. The van der Waals surface area contributed by atoms with E-state index in [9.17, 15) is 24.0 Å². The zero-order chi connectivity index (χ0) is 37.6. The lowest BCUT2D eigenvalue weighted by Gasteiger charge is -2.25. The second-order valence-electron chi connectivity index (χ2n) is 12.7. The van der Waals surface area contributed by atoms with Crippen molar-refractivity contribution >= 4 is 29.5 Å². The average Bonchev–Trinajstić information content (AvgIpc) is 3.65. The number of nitrogens with one attached hydrogen (secondary N) is 4. The highest BCUT2D eigenvalue weighted by Gasteiger charge is 2.27. The standard InChI is InChI=1S/C36H48N8O8/c1-23(2)33-36(49)39-20-25-10-12-27(29(18-25)50-4)52-28-13-11-26(19-30(28)51-5)35(48)38-14-17-43(32(46)9-7-16-44-22-37-21-40-44)15-6-8-31(45)41-24(3)34(47)42-33/h10-13,18-19,21-24,33H,6-9,14-17,20H2,1-5H3,(H,38,48)(H,39,49)(H,41,45)(H,42,47)/t24-,33+/m1/s1. The van der Waals surface area contributed by atoms with Crippen molar-refractivity contribution in [2.45, 2.75) is 71.6 Å². The number of aromatic nitrogens is 3. The van der Waals surface area contributed by atoms with Crippen molar-refractivity contribution in [1.29, 1.82) is 0 Å². The van der Waals surface area contributed by atoms with Crippen LogP contribution in [0.25, 0.3) is 0 Å². The smallest absolute Gasteiger partial charge is 0.251 e. The number of methoxy groups -OCH3 is 2. The monoisotopic (exact) mass is 720 g/mol. The van der Waals surface area contributed by atoms with Gasteiger partial charge in [-0.1, -0.05) is 19.9 Å². The summed E-state index contributed by atoms with van der Waals surface area (Å²) in [4.78, 5) is 71.0. The minimum absolute atomic E-state index is 0.0529. The predicted octanol–water partition coefficient (Wildman–Crippen LogP) is 2.18. The molecule has 3 aliphatic rings. The third kappa shape index (κ3) is 11.2. The summed E-state index contributed by atoms with van der Waals surface area (Å²) >= 11 is 0. The second-order valence-corrected chi connectivity index (χ2v) is 12.7. The van der Waals surface area contributed by atoms with Crippen molar-refractivity contribution in [2.24, 2.45) is 5.92 Å². The van der Waals surface area contributed by atoms with E-state index in [0.29, 0.717) is 47.9 Å². The number of nitrogens with zero attached hydrogens (tertiary/aromatic N) is 4. The van der Waals surface area contributed by atoms with E-state index >= 15 is 0 Å². The highest BCUT2D eigenvalue weighted by Crippen LogP contribution is 2.37. The van der Waals surface area contributed by atoms with E-state index in [1.165, 1.54) is 20.5 Å². The molecule has 3 aliphatic heterocycles. The van der Waals surface area contributed by atoms with E-state index in [4.69, 9.17) is 14.2 Å². The first-order valence-corrected chi connectivity index (χ1v) is 17.3. The first-order chi connectivity index (χ1) is 25.0. The molecule has 6 rings (SSSR count). The zero-order valence-electron chi connectivity index (χ0n) is 30.3. The van der Waals surface area contributed by atoms with Crippen LogP contribution >= 0.6 is 0 Å². The van der Waals surface area contributed by atoms with Gasteiger partial charge in [-0.15, -0.1) is 0 Å². The molecule has 16 heteroatoms. The van der Waals surface area contributed by atoms with E-state index in [1.807, 2.05) is 13.8 Å². The Bertz CT molecular complexity index is 1700. The molecule has 0 unspecified atom stereocenters. The lowest BCUT2D eigenvalue weighted by Crippen LogP contribution is -2.54. The fourth-order valence-corrected chi connectivity index (χ4v) is 5.51. The molecule has 4 N–H and O–H groups in total. The molecule has 280 valence electrons. The third-order valence-electron chi connectivity index (χ3n) is 8.45. The maximum atomic E-state index is 13.3. The molecule has 3 aromatic rings. The van der Waals surface area contributed by atoms with Crippen LogP contribution in [0.5, 0.6) is 23.0 Å². The van der Waals surface area contributed by atoms with Crippen molar-refractivity contribution in [2.75, 3.05) is 33.9 Å². The Labute approximate surface area is 303 Å². The van der Waals surface area contributed by atoms with Gasteiger partial charge < -0.3 is 40.4 Å². The van der Waals surface area contributed by atoms with Crippen LogP contribution in [0.3, 0.4) is 0 Å². The summed E-state index contributed by atoms with van der Waals surface area (Å²) in [5.74, 6) is -0.591. The minimum atomic E-state index is -0.908. The van der Waals surface area contributed by atoms with Crippen LogP contribution in [0, 0.1) is 5.92 Å². The second kappa shape index (κ2) is 19.1. The van der Waals surface area contributed by atoms with Crippen LogP contribution in [-0.2, 0) is 32.3 Å². The van der Waals surface area contributed by atoms with E-state index < -0.39 is 18.0 Å². The summed E-state index contributed by atoms with van der Waals surface area (Å²) in [7, 11) is 2.96. The average molecular weight is 721 g/mol. The van der Waals surface area contributed by atoms with Crippen LogP contribution < -0.4 is 35.5 Å². The molecule has 5 amide bonds. The third-order valence-corrected chi connectivity index (χ3v) is 8.45. The quantitative estimate of drug-likeness (QED) is 0.281. The van der Waals surface area contributed by atoms with Gasteiger partial charge in [0.1, 0.15) is 24.7 Å². The van der Waals surface area contributed by atoms with Crippen LogP contribution in [0.2, 0.25) is 0 Å². The molecule has 2 aromatic carbocycles. The number of rotatable bonds is 7. The first kappa shape index (κ1) is 39.1. The lowest BCUT2D eigenvalue weighted by molar-refractivity contribution is -0.133. The van der Waals surface area contributed by atoms with E-state index in [1.54, 1.807) is 59.2 Å². The van der Waals surface area contributed by atoms with Gasteiger partial charge in [0.25, 0.3) is 5.91 Å². The van der Waals surface area contributed by atoms with Gasteiger partial charge in [0, 0.05) is 51.1 Å². The topological polar surface area (TPSA) is 195 Å². The maximum Gasteiger partial charge on any atom is 0.251 e. The Morgan fingerprint density at radius 2 is 1.69 bits per heavy atom. The largest absolute Gasteiger partial charge is 0.493 e. The Morgan fingerprint density at radius 3 is 2.38 bits per heavy atom. The molecule has 4 heterocycles. The van der Waals surface area contributed by atoms with E-state index in [-0.39, 0.29) is 68.6 Å². The van der Waals surface area contributed by atoms with Crippen molar-refractivity contribution in [3.8, 4) is 23.0 Å². The molecule has 0 fully saturated rings. The molecule has 4 bridgehead atoms. The Hall–Kier alpha value is -5.67. The molecule has 0 aliphatic carbocycles. The molecular formula is C36H48N8O8. The number of aryl methyl sites for hydroxylation is 1. The fourth-order valence-electron chi connectivity index (χ4n) is 5.51. The Balaban J connectivity index is 1.55. The van der Waals surface area contributed by atoms with Crippen LogP contribution in [-0.4, -0.2) is 95.1 Å². The summed E-state index contributed by atoms with van der Waals surface area (Å²) in [6, 6.07) is 8.19. The summed E-state index contributed by atoms with van der Waals surface area (Å²) < 4.78 is 18.9.